The predicted octanol–water partition coefficient (Wildman–Crippen LogP) is 12.3. The summed E-state index contributed by atoms with van der Waals surface area (Å²) in [5.41, 5.74) is 5.84. The Bertz CT molecular complexity index is 3550. The number of anilines is 2. The molecule has 1 aliphatic rings. The molecule has 1 aliphatic heterocycles. The van der Waals surface area contributed by atoms with Crippen LogP contribution in [0.5, 0.6) is 11.5 Å². The Morgan fingerprint density at radius 3 is 2.07 bits per heavy atom. The molecule has 0 bridgehead atoms. The maximum absolute atomic E-state index is 9.06. The van der Waals surface area contributed by atoms with Crippen LogP contribution in [0.1, 0.15) is 47.0 Å². The fraction of sp³-hybridized carbons (Fsp3) is 0.118. The number of fused-ring (bicyclic) bond motifs is 4. The number of benzene rings is 6. The molecule has 0 radical (unpaired) electrons. The first-order valence-corrected chi connectivity index (χ1v) is 20.6. The molecule has 0 aliphatic carbocycles. The van der Waals surface area contributed by atoms with Crippen molar-refractivity contribution < 1.29 is 37.8 Å². The molecular weight excluding hydrogens is 918 g/mol. The average Bonchev–Trinajstić information content (AvgIpc) is 3.96. The van der Waals surface area contributed by atoms with E-state index < -0.39 is 60.4 Å². The van der Waals surface area contributed by atoms with Crippen molar-refractivity contribution in [2.75, 3.05) is 4.81 Å². The summed E-state index contributed by atoms with van der Waals surface area (Å²) in [7, 11) is 0. The Hall–Kier alpha value is -6.50. The normalized spacial score (nSPS) is 14.8. The number of pyridine rings is 1. The second kappa shape index (κ2) is 15.3. The van der Waals surface area contributed by atoms with Crippen LogP contribution in [0.15, 0.2) is 164 Å². The Balaban J connectivity index is 1.15. The SMILES string of the molecule is [2H]c1c([2H])c([2H])c(-c2cccc(-c3c([2H])c([2H])c([2H])c([2H])c3[2H])c2-n2[c](=[Pt])n(-c3[c-]c(Oc4[c-]c5c(cc4)-c4ccnn4B(CC)N5c4cc(C(C)(C)C)ccn4)ccc3)c3ccccc32)c([2H])c1[2H]. The van der Waals surface area contributed by atoms with Gasteiger partial charge in [0.25, 0.3) is 0 Å². The van der Waals surface area contributed by atoms with Crippen molar-refractivity contribution in [3.63, 3.8) is 0 Å². The van der Waals surface area contributed by atoms with E-state index in [1.54, 1.807) is 30.5 Å². The first-order chi connectivity index (χ1) is 33.4. The molecule has 3 aromatic heterocycles. The fourth-order valence-electron chi connectivity index (χ4n) is 7.84. The molecule has 9 aromatic rings. The summed E-state index contributed by atoms with van der Waals surface area (Å²) in [4.78, 5) is 7.02. The number of rotatable bonds is 8. The van der Waals surface area contributed by atoms with Crippen molar-refractivity contribution in [2.45, 2.75) is 39.4 Å². The van der Waals surface area contributed by atoms with E-state index in [9.17, 15) is 0 Å². The van der Waals surface area contributed by atoms with Crippen molar-refractivity contribution >= 4 is 29.5 Å². The maximum atomic E-state index is 9.06. The first-order valence-electron chi connectivity index (χ1n) is 24.4. The van der Waals surface area contributed by atoms with Gasteiger partial charge in [-0.3, -0.25) is 0 Å². The summed E-state index contributed by atoms with van der Waals surface area (Å²) in [5.74, 6) is 1.57. The third kappa shape index (κ3) is 6.56. The molecule has 6 aromatic carbocycles. The molecule has 0 saturated heterocycles. The van der Waals surface area contributed by atoms with Crippen LogP contribution < -0.4 is 9.55 Å². The summed E-state index contributed by atoms with van der Waals surface area (Å²) in [6, 6.07) is 29.7. The summed E-state index contributed by atoms with van der Waals surface area (Å²) in [6.45, 7) is 8.44. The molecule has 0 fully saturated rings. The molecule has 0 amide bonds. The Kier molecular flexibility index (Phi) is 7.14. The van der Waals surface area contributed by atoms with Crippen LogP contribution in [0.4, 0.5) is 11.5 Å². The van der Waals surface area contributed by atoms with E-state index in [0.717, 1.165) is 34.6 Å². The number of para-hydroxylation sites is 3. The summed E-state index contributed by atoms with van der Waals surface area (Å²) in [6.07, 6.45) is 4.36. The van der Waals surface area contributed by atoms with E-state index in [1.807, 2.05) is 80.6 Å². The monoisotopic (exact) mass is 969 g/mol. The third-order valence-electron chi connectivity index (χ3n) is 10.6. The van der Waals surface area contributed by atoms with Gasteiger partial charge >= 0.3 is 315 Å². The van der Waals surface area contributed by atoms with Crippen LogP contribution in [0.3, 0.4) is 0 Å². The standard InChI is InChI=1S/C51H41BN6O.Pt/c1-5-52-57(49-32-38(28-30-53-49)51(2,3)4)48-34-41(26-27-44(48)45-29-31-54-58(45)52)59-40-21-14-20-39(33-40)55-35-56(47-25-13-12-24-46(47)55)50-42(36-16-8-6-9-17-36)22-15-23-43(50)37-18-10-7-11-19-37;/h6-32H,5H2,1-4H3;/q-2;/i6D,7D,8D,9D,10D,11D,16D,17D,18D,19D;. The second-order valence-electron chi connectivity index (χ2n) is 15.3. The van der Waals surface area contributed by atoms with Gasteiger partial charge in [0.05, 0.1) is 0 Å². The van der Waals surface area contributed by atoms with E-state index >= 15 is 0 Å². The van der Waals surface area contributed by atoms with E-state index in [-0.39, 0.29) is 40.3 Å². The van der Waals surface area contributed by atoms with Crippen LogP contribution >= 0.6 is 0 Å². The molecule has 0 N–H and O–H groups in total. The Morgan fingerprint density at radius 2 is 1.38 bits per heavy atom. The van der Waals surface area contributed by atoms with Gasteiger partial charge in [-0.1, -0.05) is 27.7 Å². The van der Waals surface area contributed by atoms with E-state index in [4.69, 9.17) is 28.5 Å². The van der Waals surface area contributed by atoms with Gasteiger partial charge in [0.1, 0.15) is 0 Å². The minimum absolute atomic E-state index is 0.118. The number of hydrogen-bond acceptors (Lipinski definition) is 4. The Morgan fingerprint density at radius 1 is 0.717 bits per heavy atom. The topological polar surface area (TPSA) is 53.0 Å². The van der Waals surface area contributed by atoms with E-state index in [0.29, 0.717) is 32.0 Å². The molecule has 4 heterocycles. The third-order valence-corrected chi connectivity index (χ3v) is 11.6. The molecule has 0 saturated carbocycles. The average molecular weight is 970 g/mol. The quantitative estimate of drug-likeness (QED) is 0.112. The van der Waals surface area contributed by atoms with Gasteiger partial charge in [0.15, 0.2) is 0 Å². The van der Waals surface area contributed by atoms with Crippen LogP contribution in [-0.4, -0.2) is 30.8 Å². The molecule has 60 heavy (non-hydrogen) atoms. The van der Waals surface area contributed by atoms with Crippen LogP contribution in [0, 0.1) is 15.9 Å². The van der Waals surface area contributed by atoms with Gasteiger partial charge < -0.3 is 0 Å². The van der Waals surface area contributed by atoms with E-state index in [2.05, 4.69) is 70.1 Å². The molecule has 0 spiro atoms. The molecule has 9 heteroatoms. The van der Waals surface area contributed by atoms with Gasteiger partial charge in [-0.05, 0) is 17.0 Å². The van der Waals surface area contributed by atoms with Crippen molar-refractivity contribution in [1.29, 1.82) is 0 Å². The van der Waals surface area contributed by atoms with Gasteiger partial charge in [0, 0.05) is 12.4 Å². The van der Waals surface area contributed by atoms with E-state index in [1.165, 1.54) is 0 Å². The minimum atomic E-state index is -0.565. The van der Waals surface area contributed by atoms with Gasteiger partial charge in [-0.2, -0.15) is 5.10 Å². The zero-order valence-electron chi connectivity index (χ0n) is 43.0. The van der Waals surface area contributed by atoms with Gasteiger partial charge in [-0.25, -0.2) is 0 Å². The number of nitrogens with zero attached hydrogens (tertiary/aromatic N) is 6. The molecule has 7 nitrogen and oxygen atoms in total. The zero-order chi connectivity index (χ0) is 49.7. The van der Waals surface area contributed by atoms with Gasteiger partial charge in [-0.15, -0.1) is 0 Å². The van der Waals surface area contributed by atoms with Crippen molar-refractivity contribution in [3.8, 4) is 56.4 Å². The van der Waals surface area contributed by atoms with Crippen LogP contribution in [0.25, 0.3) is 55.9 Å². The second-order valence-corrected chi connectivity index (χ2v) is 16.3. The van der Waals surface area contributed by atoms with Crippen LogP contribution in [-0.2, 0) is 24.8 Å². The number of hydrogen-bond donors (Lipinski definition) is 0. The molecule has 0 unspecified atom stereocenters. The number of ether oxygens (including phenoxy) is 1. The molecule has 296 valence electrons. The summed E-state index contributed by atoms with van der Waals surface area (Å²) in [5, 5.41) is 4.72. The summed E-state index contributed by atoms with van der Waals surface area (Å²) >= 11 is 2.14. The van der Waals surface area contributed by atoms with Crippen molar-refractivity contribution in [3.05, 3.63) is 185 Å². The molecule has 10 rings (SSSR count). The first kappa shape index (κ1) is 28.1. The van der Waals surface area contributed by atoms with Crippen LogP contribution in [0.2, 0.25) is 6.32 Å². The molecule has 0 atom stereocenters. The zero-order valence-corrected chi connectivity index (χ0v) is 35.3. The van der Waals surface area contributed by atoms with Crippen molar-refractivity contribution in [1.82, 2.24) is 23.8 Å². The predicted molar refractivity (Wildman–Crippen MR) is 239 cm³/mol. The van der Waals surface area contributed by atoms with Gasteiger partial charge in [0.2, 0.25) is 0 Å². The summed E-state index contributed by atoms with van der Waals surface area (Å²) < 4.78 is 100. The number of aromatic nitrogens is 5. The molecular formula is C51H41BN6OPt-2. The number of imidazole rings is 1. The Labute approximate surface area is 375 Å². The van der Waals surface area contributed by atoms with Crippen molar-refractivity contribution in [2.24, 2.45) is 0 Å². The fourth-order valence-corrected chi connectivity index (χ4v) is 8.91.